The molecule has 0 aromatic heterocycles. The molecule has 0 radical (unpaired) electrons. The van der Waals surface area contributed by atoms with Crippen LogP contribution in [0.3, 0.4) is 0 Å². The van der Waals surface area contributed by atoms with E-state index in [9.17, 15) is 13.5 Å². The third kappa shape index (κ3) is 6.99. The maximum atomic E-state index is 12.5. The second-order valence-electron chi connectivity index (χ2n) is 7.26. The van der Waals surface area contributed by atoms with Crippen LogP contribution < -0.4 is 0 Å². The van der Waals surface area contributed by atoms with Crippen molar-refractivity contribution in [3.05, 3.63) is 29.8 Å². The Morgan fingerprint density at radius 1 is 1.04 bits per heavy atom. The van der Waals surface area contributed by atoms with Crippen molar-refractivity contribution in [3.63, 3.8) is 0 Å². The van der Waals surface area contributed by atoms with Crippen LogP contribution in [0.25, 0.3) is 0 Å². The lowest BCUT2D eigenvalue weighted by Gasteiger charge is -2.20. The first kappa shape index (κ1) is 23.1. The van der Waals surface area contributed by atoms with Crippen molar-refractivity contribution in [1.82, 2.24) is 4.31 Å². The molecular weight excluding hydrogens is 350 g/mol. The van der Waals surface area contributed by atoms with E-state index in [0.29, 0.717) is 37.1 Å². The summed E-state index contributed by atoms with van der Waals surface area (Å²) in [5, 5.41) is 10.1. The van der Waals surface area contributed by atoms with Crippen LogP contribution in [0.15, 0.2) is 29.2 Å². The maximum Gasteiger partial charge on any atom is 0.243 e. The molecule has 150 valence electrons. The number of rotatable bonds is 12. The van der Waals surface area contributed by atoms with Gasteiger partial charge in [0.05, 0.1) is 24.2 Å². The Morgan fingerprint density at radius 3 is 2.12 bits per heavy atom. The molecule has 0 bridgehead atoms. The Morgan fingerprint density at radius 2 is 1.62 bits per heavy atom. The van der Waals surface area contributed by atoms with Crippen molar-refractivity contribution < 1.29 is 18.3 Å². The Balaban J connectivity index is 2.53. The molecule has 0 unspecified atom stereocenters. The normalized spacial score (nSPS) is 14.8. The molecule has 0 fully saturated rings. The Hall–Kier alpha value is -0.950. The number of hydrogen-bond acceptors (Lipinski definition) is 4. The minimum atomic E-state index is -3.42. The van der Waals surface area contributed by atoms with E-state index in [-0.39, 0.29) is 12.0 Å². The lowest BCUT2D eigenvalue weighted by atomic mass is 9.97. The van der Waals surface area contributed by atoms with Gasteiger partial charge in [0.15, 0.2) is 0 Å². The standard InChI is InChI=1S/C20H35NO4S/c1-6-21(7-2)26(23,24)19-11-9-18(10-12-19)15-25-14-17(5)20(22)13-8-16(3)4/h9-12,16-17,20,22H,6-8,13-15H2,1-5H3/t17-,20-/m0/s1. The van der Waals surface area contributed by atoms with Gasteiger partial charge in [0, 0.05) is 19.0 Å². The molecule has 26 heavy (non-hydrogen) atoms. The summed E-state index contributed by atoms with van der Waals surface area (Å²) in [6.45, 7) is 11.8. The lowest BCUT2D eigenvalue weighted by molar-refractivity contribution is 0.0231. The van der Waals surface area contributed by atoms with Crippen LogP contribution >= 0.6 is 0 Å². The third-order valence-corrected chi connectivity index (χ3v) is 6.68. The number of nitrogens with zero attached hydrogens (tertiary/aromatic N) is 1. The average Bonchev–Trinajstić information content (AvgIpc) is 2.60. The fourth-order valence-corrected chi connectivity index (χ4v) is 4.19. The number of sulfonamides is 1. The molecule has 0 aliphatic rings. The van der Waals surface area contributed by atoms with Crippen LogP contribution in [0.2, 0.25) is 0 Å². The van der Waals surface area contributed by atoms with Gasteiger partial charge in [-0.1, -0.05) is 46.8 Å². The highest BCUT2D eigenvalue weighted by Gasteiger charge is 2.21. The molecule has 6 heteroatoms. The van der Waals surface area contributed by atoms with Gasteiger partial charge in [0.1, 0.15) is 0 Å². The first-order chi connectivity index (χ1) is 12.2. The first-order valence-corrected chi connectivity index (χ1v) is 11.0. The summed E-state index contributed by atoms with van der Waals surface area (Å²) < 4.78 is 32.1. The summed E-state index contributed by atoms with van der Waals surface area (Å²) in [6.07, 6.45) is 1.45. The molecule has 0 amide bonds. The molecule has 0 saturated heterocycles. The molecule has 0 spiro atoms. The van der Waals surface area contributed by atoms with E-state index in [2.05, 4.69) is 13.8 Å². The summed E-state index contributed by atoms with van der Waals surface area (Å²) in [6, 6.07) is 6.84. The van der Waals surface area contributed by atoms with Crippen LogP contribution in [0, 0.1) is 11.8 Å². The van der Waals surface area contributed by atoms with Gasteiger partial charge in [-0.3, -0.25) is 0 Å². The summed E-state index contributed by atoms with van der Waals surface area (Å²) >= 11 is 0. The van der Waals surface area contributed by atoms with E-state index >= 15 is 0 Å². The minimum absolute atomic E-state index is 0.0797. The van der Waals surface area contributed by atoms with Crippen LogP contribution in [-0.4, -0.2) is 43.6 Å². The van der Waals surface area contributed by atoms with Gasteiger partial charge in [-0.2, -0.15) is 4.31 Å². The number of aliphatic hydroxyl groups excluding tert-OH is 1. The predicted octanol–water partition coefficient (Wildman–Crippen LogP) is 3.67. The van der Waals surface area contributed by atoms with Gasteiger partial charge in [-0.05, 0) is 36.5 Å². The molecule has 0 aliphatic carbocycles. The third-order valence-electron chi connectivity index (χ3n) is 4.61. The van der Waals surface area contributed by atoms with Crippen molar-refractivity contribution in [1.29, 1.82) is 0 Å². The summed E-state index contributed by atoms with van der Waals surface area (Å²) in [5.74, 6) is 0.667. The quantitative estimate of drug-likeness (QED) is 0.596. The predicted molar refractivity (Wildman–Crippen MR) is 105 cm³/mol. The van der Waals surface area contributed by atoms with E-state index in [1.165, 1.54) is 4.31 Å². The second kappa shape index (κ2) is 11.0. The van der Waals surface area contributed by atoms with Crippen molar-refractivity contribution in [2.45, 2.75) is 65.1 Å². The minimum Gasteiger partial charge on any atom is -0.393 e. The van der Waals surface area contributed by atoms with E-state index in [4.69, 9.17) is 4.74 Å². The summed E-state index contributed by atoms with van der Waals surface area (Å²) in [4.78, 5) is 0.308. The van der Waals surface area contributed by atoms with Crippen LogP contribution in [0.4, 0.5) is 0 Å². The fraction of sp³-hybridized carbons (Fsp3) is 0.700. The van der Waals surface area contributed by atoms with Crippen molar-refractivity contribution >= 4 is 10.0 Å². The second-order valence-corrected chi connectivity index (χ2v) is 9.20. The summed E-state index contributed by atoms with van der Waals surface area (Å²) in [7, 11) is -3.42. The molecule has 0 saturated carbocycles. The molecule has 1 aromatic carbocycles. The van der Waals surface area contributed by atoms with Gasteiger partial charge >= 0.3 is 0 Å². The first-order valence-electron chi connectivity index (χ1n) is 9.57. The zero-order chi connectivity index (χ0) is 19.7. The van der Waals surface area contributed by atoms with E-state index in [1.54, 1.807) is 24.3 Å². The van der Waals surface area contributed by atoms with Crippen molar-refractivity contribution in [2.75, 3.05) is 19.7 Å². The Labute approximate surface area is 159 Å². The van der Waals surface area contributed by atoms with Crippen LogP contribution in [0.1, 0.15) is 53.0 Å². The smallest absolute Gasteiger partial charge is 0.243 e. The Kier molecular flexibility index (Phi) is 9.79. The Bertz CT molecular complexity index is 609. The molecule has 5 nitrogen and oxygen atoms in total. The van der Waals surface area contributed by atoms with Gasteiger partial charge < -0.3 is 9.84 Å². The van der Waals surface area contributed by atoms with E-state index < -0.39 is 10.0 Å². The summed E-state index contributed by atoms with van der Waals surface area (Å²) in [5.41, 5.74) is 0.923. The number of ether oxygens (including phenoxy) is 1. The molecule has 2 atom stereocenters. The van der Waals surface area contributed by atoms with Crippen LogP contribution in [0.5, 0.6) is 0 Å². The van der Waals surface area contributed by atoms with Crippen molar-refractivity contribution in [3.8, 4) is 0 Å². The topological polar surface area (TPSA) is 66.8 Å². The SMILES string of the molecule is CCN(CC)S(=O)(=O)c1ccc(COC[C@H](C)[C@@H](O)CCC(C)C)cc1. The molecule has 1 N–H and O–H groups in total. The zero-order valence-electron chi connectivity index (χ0n) is 16.8. The zero-order valence-corrected chi connectivity index (χ0v) is 17.6. The lowest BCUT2D eigenvalue weighted by Crippen LogP contribution is -2.30. The molecular formula is C20H35NO4S. The highest BCUT2D eigenvalue weighted by atomic mass is 32.2. The van der Waals surface area contributed by atoms with Gasteiger partial charge in [0.25, 0.3) is 0 Å². The maximum absolute atomic E-state index is 12.5. The van der Waals surface area contributed by atoms with E-state index in [1.807, 2.05) is 20.8 Å². The highest BCUT2D eigenvalue weighted by molar-refractivity contribution is 7.89. The van der Waals surface area contributed by atoms with Gasteiger partial charge in [0.2, 0.25) is 10.0 Å². The van der Waals surface area contributed by atoms with Gasteiger partial charge in [-0.25, -0.2) is 8.42 Å². The highest BCUT2D eigenvalue weighted by Crippen LogP contribution is 2.18. The number of benzene rings is 1. The fourth-order valence-electron chi connectivity index (χ4n) is 2.73. The average molecular weight is 386 g/mol. The van der Waals surface area contributed by atoms with E-state index in [0.717, 1.165) is 18.4 Å². The molecule has 1 rings (SSSR count). The molecule has 1 aromatic rings. The van der Waals surface area contributed by atoms with Crippen LogP contribution in [-0.2, 0) is 21.4 Å². The monoisotopic (exact) mass is 385 g/mol. The van der Waals surface area contributed by atoms with Crippen molar-refractivity contribution in [2.24, 2.45) is 11.8 Å². The number of hydrogen-bond donors (Lipinski definition) is 1. The molecule has 0 heterocycles. The van der Waals surface area contributed by atoms with Gasteiger partial charge in [-0.15, -0.1) is 0 Å². The molecule has 0 aliphatic heterocycles. The number of aliphatic hydroxyl groups is 1. The largest absolute Gasteiger partial charge is 0.393 e.